The Morgan fingerprint density at radius 2 is 1.94 bits per heavy atom. The number of nitrogens with zero attached hydrogens (tertiary/aromatic N) is 2. The van der Waals surface area contributed by atoms with Crippen LogP contribution in [0.2, 0.25) is 0 Å². The van der Waals surface area contributed by atoms with Crippen LogP contribution >= 0.6 is 0 Å². The van der Waals surface area contributed by atoms with Crippen molar-refractivity contribution in [2.75, 3.05) is 7.05 Å². The molecule has 3 nitrogen and oxygen atoms in total. The Kier molecular flexibility index (Phi) is 5.00. The zero-order valence-corrected chi connectivity index (χ0v) is 11.3. The van der Waals surface area contributed by atoms with Crippen LogP contribution < -0.4 is 5.32 Å². The van der Waals surface area contributed by atoms with Crippen molar-refractivity contribution in [3.63, 3.8) is 0 Å². The number of aryl methyl sites for hydroxylation is 1. The lowest BCUT2D eigenvalue weighted by molar-refractivity contribution is 0.458. The van der Waals surface area contributed by atoms with Crippen LogP contribution in [0.3, 0.4) is 0 Å². The molecule has 1 rings (SSSR count). The van der Waals surface area contributed by atoms with Gasteiger partial charge in [0.2, 0.25) is 0 Å². The van der Waals surface area contributed by atoms with Crippen molar-refractivity contribution < 1.29 is 0 Å². The smallest absolute Gasteiger partial charge is 0.0669 e. The minimum atomic E-state index is 0.505. The number of hydrogen-bond donors (Lipinski definition) is 1. The Morgan fingerprint density at radius 3 is 2.38 bits per heavy atom. The number of aromatic nitrogens is 2. The van der Waals surface area contributed by atoms with Crippen molar-refractivity contribution in [2.24, 2.45) is 0 Å². The number of rotatable bonds is 6. The van der Waals surface area contributed by atoms with E-state index in [1.54, 1.807) is 0 Å². The summed E-state index contributed by atoms with van der Waals surface area (Å²) in [5.74, 6) is 0. The third-order valence-electron chi connectivity index (χ3n) is 3.23. The van der Waals surface area contributed by atoms with Gasteiger partial charge in [0, 0.05) is 23.8 Å². The first-order valence-electron chi connectivity index (χ1n) is 6.43. The van der Waals surface area contributed by atoms with Gasteiger partial charge in [-0.25, -0.2) is 0 Å². The van der Waals surface area contributed by atoms with Crippen LogP contribution in [0.1, 0.15) is 57.1 Å². The lowest BCUT2D eigenvalue weighted by Crippen LogP contribution is -2.12. The maximum Gasteiger partial charge on any atom is 0.0669 e. The molecule has 0 aliphatic carbocycles. The van der Waals surface area contributed by atoms with Gasteiger partial charge >= 0.3 is 0 Å². The van der Waals surface area contributed by atoms with Crippen LogP contribution in [0.4, 0.5) is 0 Å². The topological polar surface area (TPSA) is 29.9 Å². The Balaban J connectivity index is 3.18. The van der Waals surface area contributed by atoms with E-state index >= 15 is 0 Å². The molecule has 0 aromatic carbocycles. The van der Waals surface area contributed by atoms with Crippen molar-refractivity contribution in [1.29, 1.82) is 0 Å². The summed E-state index contributed by atoms with van der Waals surface area (Å²) in [5, 5.41) is 8.02. The molecule has 1 unspecified atom stereocenters. The first-order valence-corrected chi connectivity index (χ1v) is 6.43. The summed E-state index contributed by atoms with van der Waals surface area (Å²) in [5.41, 5.74) is 4.07. The van der Waals surface area contributed by atoms with Crippen molar-refractivity contribution in [3.05, 3.63) is 17.0 Å². The van der Waals surface area contributed by atoms with E-state index in [-0.39, 0.29) is 0 Å². The van der Waals surface area contributed by atoms with Crippen molar-refractivity contribution in [3.8, 4) is 0 Å². The van der Waals surface area contributed by atoms with Gasteiger partial charge in [0.25, 0.3) is 0 Å². The zero-order chi connectivity index (χ0) is 12.1. The molecule has 1 aromatic rings. The maximum absolute atomic E-state index is 4.77. The van der Waals surface area contributed by atoms with E-state index in [1.807, 2.05) is 7.05 Å². The highest BCUT2D eigenvalue weighted by Crippen LogP contribution is 2.21. The maximum atomic E-state index is 4.77. The summed E-state index contributed by atoms with van der Waals surface area (Å²) in [6.45, 7) is 9.79. The average molecular weight is 223 g/mol. The second-order valence-electron chi connectivity index (χ2n) is 4.31. The van der Waals surface area contributed by atoms with Crippen LogP contribution in [0.5, 0.6) is 0 Å². The second kappa shape index (κ2) is 6.04. The van der Waals surface area contributed by atoms with Gasteiger partial charge in [0.1, 0.15) is 0 Å². The molecule has 1 heterocycles. The molecule has 0 aliphatic heterocycles. The van der Waals surface area contributed by atoms with Crippen molar-refractivity contribution >= 4 is 0 Å². The van der Waals surface area contributed by atoms with E-state index in [1.165, 1.54) is 17.0 Å². The third kappa shape index (κ3) is 2.46. The molecule has 1 N–H and O–H groups in total. The van der Waals surface area contributed by atoms with Crippen LogP contribution in [0, 0.1) is 0 Å². The standard InChI is InChI=1S/C13H25N3/c1-6-10(4)16-13(8-3)11(9-14-5)12(7-2)15-16/h10,14H,6-9H2,1-5H3. The second-order valence-corrected chi connectivity index (χ2v) is 4.31. The van der Waals surface area contributed by atoms with E-state index in [9.17, 15) is 0 Å². The van der Waals surface area contributed by atoms with Gasteiger partial charge in [0.05, 0.1) is 5.69 Å². The summed E-state index contributed by atoms with van der Waals surface area (Å²) < 4.78 is 2.23. The number of nitrogens with one attached hydrogen (secondary N) is 1. The average Bonchev–Trinajstić information content (AvgIpc) is 2.66. The molecule has 0 spiro atoms. The first kappa shape index (κ1) is 13.2. The molecule has 92 valence electrons. The normalized spacial score (nSPS) is 13.1. The Hall–Kier alpha value is -0.830. The Bertz CT molecular complexity index is 328. The first-order chi connectivity index (χ1) is 7.69. The molecular weight excluding hydrogens is 198 g/mol. The fourth-order valence-electron chi connectivity index (χ4n) is 2.13. The van der Waals surface area contributed by atoms with Gasteiger partial charge in [-0.2, -0.15) is 5.10 Å². The van der Waals surface area contributed by atoms with E-state index in [0.29, 0.717) is 6.04 Å². The SMILES string of the molecule is CCc1nn(C(C)CC)c(CC)c1CNC. The minimum Gasteiger partial charge on any atom is -0.316 e. The van der Waals surface area contributed by atoms with Gasteiger partial charge in [-0.1, -0.05) is 20.8 Å². The molecule has 0 bridgehead atoms. The quantitative estimate of drug-likeness (QED) is 0.803. The summed E-state index contributed by atoms with van der Waals surface area (Å²) in [6, 6.07) is 0.505. The molecule has 1 aromatic heterocycles. The molecule has 0 fully saturated rings. The van der Waals surface area contributed by atoms with E-state index < -0.39 is 0 Å². The van der Waals surface area contributed by atoms with Crippen LogP contribution in [-0.2, 0) is 19.4 Å². The molecule has 16 heavy (non-hydrogen) atoms. The van der Waals surface area contributed by atoms with Gasteiger partial charge in [-0.05, 0) is 33.2 Å². The van der Waals surface area contributed by atoms with Crippen molar-refractivity contribution in [1.82, 2.24) is 15.1 Å². The molecule has 0 radical (unpaired) electrons. The largest absolute Gasteiger partial charge is 0.316 e. The Labute approximate surface area is 99.2 Å². The molecule has 0 aliphatic rings. The van der Waals surface area contributed by atoms with E-state index in [0.717, 1.165) is 25.8 Å². The molecule has 0 saturated heterocycles. The van der Waals surface area contributed by atoms with Crippen LogP contribution in [0.25, 0.3) is 0 Å². The van der Waals surface area contributed by atoms with Crippen molar-refractivity contribution in [2.45, 2.75) is 59.5 Å². The summed E-state index contributed by atoms with van der Waals surface area (Å²) in [7, 11) is 2.00. The predicted octanol–water partition coefficient (Wildman–Crippen LogP) is 2.70. The fourth-order valence-corrected chi connectivity index (χ4v) is 2.13. The molecule has 3 heteroatoms. The zero-order valence-electron chi connectivity index (χ0n) is 11.3. The highest BCUT2D eigenvalue weighted by Gasteiger charge is 2.17. The lowest BCUT2D eigenvalue weighted by atomic mass is 10.1. The van der Waals surface area contributed by atoms with Crippen LogP contribution in [0.15, 0.2) is 0 Å². The molecule has 0 amide bonds. The monoisotopic (exact) mass is 223 g/mol. The predicted molar refractivity (Wildman–Crippen MR) is 68.7 cm³/mol. The minimum absolute atomic E-state index is 0.505. The summed E-state index contributed by atoms with van der Waals surface area (Å²) in [4.78, 5) is 0. The van der Waals surface area contributed by atoms with Crippen LogP contribution in [-0.4, -0.2) is 16.8 Å². The molecular formula is C13H25N3. The summed E-state index contributed by atoms with van der Waals surface area (Å²) in [6.07, 6.45) is 3.22. The Morgan fingerprint density at radius 1 is 1.25 bits per heavy atom. The lowest BCUT2D eigenvalue weighted by Gasteiger charge is -2.13. The number of hydrogen-bond acceptors (Lipinski definition) is 2. The molecule has 0 saturated carbocycles. The van der Waals surface area contributed by atoms with E-state index in [2.05, 4.69) is 37.7 Å². The van der Waals surface area contributed by atoms with Gasteiger partial charge < -0.3 is 5.32 Å². The van der Waals surface area contributed by atoms with Gasteiger partial charge in [-0.3, -0.25) is 4.68 Å². The van der Waals surface area contributed by atoms with Gasteiger partial charge in [0.15, 0.2) is 0 Å². The highest BCUT2D eigenvalue weighted by atomic mass is 15.3. The fraction of sp³-hybridized carbons (Fsp3) is 0.769. The van der Waals surface area contributed by atoms with E-state index in [4.69, 9.17) is 5.10 Å². The third-order valence-corrected chi connectivity index (χ3v) is 3.23. The molecule has 1 atom stereocenters. The highest BCUT2D eigenvalue weighted by molar-refractivity contribution is 5.27. The summed E-state index contributed by atoms with van der Waals surface area (Å²) >= 11 is 0. The van der Waals surface area contributed by atoms with Gasteiger partial charge in [-0.15, -0.1) is 0 Å².